The van der Waals surface area contributed by atoms with Crippen molar-refractivity contribution in [1.29, 1.82) is 0 Å². The van der Waals surface area contributed by atoms with Crippen LogP contribution in [0.5, 0.6) is 5.75 Å². The molecule has 1 amide bonds. The van der Waals surface area contributed by atoms with E-state index in [1.54, 1.807) is 18.2 Å². The van der Waals surface area contributed by atoms with E-state index in [2.05, 4.69) is 5.32 Å². The van der Waals surface area contributed by atoms with Crippen molar-refractivity contribution < 1.29 is 22.7 Å². The third kappa shape index (κ3) is 3.78. The number of methoxy groups -OCH3 is 1. The minimum atomic E-state index is -4.42. The van der Waals surface area contributed by atoms with E-state index in [0.29, 0.717) is 21.2 Å². The molecule has 0 saturated carbocycles. The lowest BCUT2D eigenvalue weighted by Crippen LogP contribution is -2.22. The Bertz CT molecular complexity index is 969. The van der Waals surface area contributed by atoms with Crippen LogP contribution in [0.2, 0.25) is 5.02 Å². The monoisotopic (exact) mass is 399 g/mol. The highest BCUT2D eigenvalue weighted by Crippen LogP contribution is 2.38. The highest BCUT2D eigenvalue weighted by molar-refractivity contribution is 7.21. The van der Waals surface area contributed by atoms with Crippen LogP contribution in [0.4, 0.5) is 13.2 Å². The summed E-state index contributed by atoms with van der Waals surface area (Å²) in [6.07, 6.45) is -4.42. The van der Waals surface area contributed by atoms with Gasteiger partial charge in [0.25, 0.3) is 5.91 Å². The Balaban J connectivity index is 1.82. The number of amides is 1. The van der Waals surface area contributed by atoms with Gasteiger partial charge in [-0.05, 0) is 35.9 Å². The number of halogens is 4. The lowest BCUT2D eigenvalue weighted by molar-refractivity contribution is -0.137. The van der Waals surface area contributed by atoms with E-state index in [1.165, 1.54) is 30.6 Å². The summed E-state index contributed by atoms with van der Waals surface area (Å²) in [4.78, 5) is 12.8. The van der Waals surface area contributed by atoms with E-state index >= 15 is 0 Å². The third-order valence-corrected chi connectivity index (χ3v) is 5.09. The first kappa shape index (κ1) is 18.5. The second-order valence-electron chi connectivity index (χ2n) is 5.49. The number of hydrogen-bond acceptors (Lipinski definition) is 3. The number of carbonyl (C=O) groups excluding carboxylic acids is 1. The van der Waals surface area contributed by atoms with E-state index < -0.39 is 17.6 Å². The quantitative estimate of drug-likeness (QED) is 0.628. The molecule has 1 aromatic heterocycles. The number of benzene rings is 2. The Morgan fingerprint density at radius 3 is 2.69 bits per heavy atom. The summed E-state index contributed by atoms with van der Waals surface area (Å²) in [5, 5.41) is 3.93. The fourth-order valence-electron chi connectivity index (χ4n) is 2.52. The maximum Gasteiger partial charge on any atom is 0.416 e. The Morgan fingerprint density at radius 1 is 1.23 bits per heavy atom. The van der Waals surface area contributed by atoms with Crippen molar-refractivity contribution in [3.8, 4) is 5.75 Å². The van der Waals surface area contributed by atoms with Gasteiger partial charge in [-0.15, -0.1) is 11.3 Å². The summed E-state index contributed by atoms with van der Waals surface area (Å²) in [6, 6.07) is 10.0. The van der Waals surface area contributed by atoms with Gasteiger partial charge in [0.15, 0.2) is 0 Å². The van der Waals surface area contributed by atoms with Crippen molar-refractivity contribution >= 4 is 38.9 Å². The second-order valence-corrected chi connectivity index (χ2v) is 6.97. The first-order valence-corrected chi connectivity index (χ1v) is 8.69. The van der Waals surface area contributed by atoms with Crippen LogP contribution in [0.1, 0.15) is 20.8 Å². The molecule has 0 aliphatic rings. The molecule has 3 aromatic rings. The van der Waals surface area contributed by atoms with Gasteiger partial charge < -0.3 is 10.1 Å². The molecular weight excluding hydrogens is 387 g/mol. The number of alkyl halides is 3. The Hall–Kier alpha value is -2.25. The fraction of sp³-hybridized carbons (Fsp3) is 0.167. The number of rotatable bonds is 4. The number of carbonyl (C=O) groups is 1. The van der Waals surface area contributed by atoms with Gasteiger partial charge >= 0.3 is 6.18 Å². The van der Waals surface area contributed by atoms with Gasteiger partial charge in [-0.1, -0.05) is 23.7 Å². The number of ether oxygens (including phenoxy) is 1. The number of fused-ring (bicyclic) bond motifs is 1. The molecule has 136 valence electrons. The standard InChI is InChI=1S/C18H13ClF3NO2S/c1-25-15-13-6-5-12(19)8-14(13)26-16(15)17(24)23-9-10-3-2-4-11(7-10)18(20,21)22/h2-8H,9H2,1H3,(H,23,24). The molecule has 1 heterocycles. The lowest BCUT2D eigenvalue weighted by Gasteiger charge is -2.09. The largest absolute Gasteiger partial charge is 0.494 e. The lowest BCUT2D eigenvalue weighted by atomic mass is 10.1. The van der Waals surface area contributed by atoms with Gasteiger partial charge in [0, 0.05) is 21.7 Å². The first-order chi connectivity index (χ1) is 12.3. The van der Waals surface area contributed by atoms with Gasteiger partial charge in [-0.3, -0.25) is 4.79 Å². The Morgan fingerprint density at radius 2 is 2.00 bits per heavy atom. The van der Waals surface area contributed by atoms with Crippen LogP contribution in [-0.4, -0.2) is 13.0 Å². The number of thiophene rings is 1. The van der Waals surface area contributed by atoms with E-state index in [9.17, 15) is 18.0 Å². The SMILES string of the molecule is COc1c(C(=O)NCc2cccc(C(F)(F)F)c2)sc2cc(Cl)ccc12. The average Bonchev–Trinajstić information content (AvgIpc) is 2.96. The minimum absolute atomic E-state index is 0.0269. The Labute approximate surface area is 156 Å². The maximum absolute atomic E-state index is 12.8. The highest BCUT2D eigenvalue weighted by atomic mass is 35.5. The summed E-state index contributed by atoms with van der Waals surface area (Å²) in [6.45, 7) is -0.0269. The molecule has 0 radical (unpaired) electrons. The van der Waals surface area contributed by atoms with Crippen molar-refractivity contribution in [3.63, 3.8) is 0 Å². The predicted octanol–water partition coefficient (Wildman–Crippen LogP) is 5.51. The van der Waals surface area contributed by atoms with Gasteiger partial charge in [0.1, 0.15) is 10.6 Å². The summed E-state index contributed by atoms with van der Waals surface area (Å²) in [5.41, 5.74) is -0.394. The molecular formula is C18H13ClF3NO2S. The van der Waals surface area contributed by atoms with Crippen molar-refractivity contribution in [2.24, 2.45) is 0 Å². The van der Waals surface area contributed by atoms with Crippen LogP contribution in [0.3, 0.4) is 0 Å². The molecule has 0 fully saturated rings. The van der Waals surface area contributed by atoms with E-state index in [4.69, 9.17) is 16.3 Å². The molecule has 3 rings (SSSR count). The predicted molar refractivity (Wildman–Crippen MR) is 96.0 cm³/mol. The number of hydrogen-bond donors (Lipinski definition) is 1. The molecule has 3 nitrogen and oxygen atoms in total. The zero-order valence-corrected chi connectivity index (χ0v) is 15.1. The zero-order valence-electron chi connectivity index (χ0n) is 13.5. The summed E-state index contributed by atoms with van der Waals surface area (Å²) in [5.74, 6) is -0.000192. The van der Waals surface area contributed by atoms with Crippen LogP contribution in [0.25, 0.3) is 10.1 Å². The van der Waals surface area contributed by atoms with E-state index in [0.717, 1.165) is 22.2 Å². The first-order valence-electron chi connectivity index (χ1n) is 7.50. The molecule has 0 spiro atoms. The van der Waals surface area contributed by atoms with E-state index in [1.807, 2.05) is 0 Å². The van der Waals surface area contributed by atoms with Gasteiger partial charge in [-0.2, -0.15) is 13.2 Å². The molecule has 8 heteroatoms. The van der Waals surface area contributed by atoms with Crippen LogP contribution in [0, 0.1) is 0 Å². The highest BCUT2D eigenvalue weighted by Gasteiger charge is 2.30. The normalized spacial score (nSPS) is 11.6. The van der Waals surface area contributed by atoms with Crippen molar-refractivity contribution in [1.82, 2.24) is 5.32 Å². The van der Waals surface area contributed by atoms with Crippen molar-refractivity contribution in [2.75, 3.05) is 7.11 Å². The van der Waals surface area contributed by atoms with Crippen LogP contribution in [0.15, 0.2) is 42.5 Å². The summed E-state index contributed by atoms with van der Waals surface area (Å²) < 4.78 is 44.4. The van der Waals surface area contributed by atoms with Crippen molar-refractivity contribution in [2.45, 2.75) is 12.7 Å². The van der Waals surface area contributed by atoms with E-state index in [-0.39, 0.29) is 6.54 Å². The van der Waals surface area contributed by atoms with Crippen LogP contribution in [-0.2, 0) is 12.7 Å². The molecule has 1 N–H and O–H groups in total. The zero-order chi connectivity index (χ0) is 18.9. The van der Waals surface area contributed by atoms with Gasteiger partial charge in [0.2, 0.25) is 0 Å². The average molecular weight is 400 g/mol. The second kappa shape index (κ2) is 7.17. The molecule has 0 bridgehead atoms. The summed E-state index contributed by atoms with van der Waals surface area (Å²) >= 11 is 7.18. The maximum atomic E-state index is 12.8. The molecule has 0 saturated heterocycles. The third-order valence-electron chi connectivity index (χ3n) is 3.72. The molecule has 2 aromatic carbocycles. The topological polar surface area (TPSA) is 38.3 Å². The van der Waals surface area contributed by atoms with Crippen LogP contribution >= 0.6 is 22.9 Å². The minimum Gasteiger partial charge on any atom is -0.494 e. The van der Waals surface area contributed by atoms with Crippen molar-refractivity contribution in [3.05, 3.63) is 63.5 Å². The van der Waals surface area contributed by atoms with Crippen LogP contribution < -0.4 is 10.1 Å². The number of nitrogens with one attached hydrogen (secondary N) is 1. The molecule has 26 heavy (non-hydrogen) atoms. The molecule has 0 aliphatic carbocycles. The molecule has 0 atom stereocenters. The summed E-state index contributed by atoms with van der Waals surface area (Å²) in [7, 11) is 1.46. The Kier molecular flexibility index (Phi) is 5.11. The molecule has 0 unspecified atom stereocenters. The smallest absolute Gasteiger partial charge is 0.416 e. The van der Waals surface area contributed by atoms with Gasteiger partial charge in [0.05, 0.1) is 12.7 Å². The molecule has 0 aliphatic heterocycles. The fourth-order valence-corrected chi connectivity index (χ4v) is 3.88. The van der Waals surface area contributed by atoms with Gasteiger partial charge in [-0.25, -0.2) is 0 Å².